The summed E-state index contributed by atoms with van der Waals surface area (Å²) in [7, 11) is 3.15. The minimum atomic E-state index is -0.248. The van der Waals surface area contributed by atoms with Gasteiger partial charge in [-0.05, 0) is 18.6 Å². The topological polar surface area (TPSA) is 73.6 Å². The minimum absolute atomic E-state index is 0.137. The molecule has 1 amide bonds. The standard InChI is InChI=1S/C13H20N2O3/c1-8-5-12(18-4)10(6-11(8)17-3)15-13(16)9(2)7-14/h5-6,9H,7,14H2,1-4H3,(H,15,16). The first-order valence-electron chi connectivity index (χ1n) is 5.77. The summed E-state index contributed by atoms with van der Waals surface area (Å²) in [6.45, 7) is 3.99. The number of benzene rings is 1. The molecule has 0 aliphatic rings. The summed E-state index contributed by atoms with van der Waals surface area (Å²) in [6, 6.07) is 3.57. The number of aryl methyl sites for hydroxylation is 1. The number of hydrogen-bond acceptors (Lipinski definition) is 4. The van der Waals surface area contributed by atoms with E-state index in [1.54, 1.807) is 27.2 Å². The number of nitrogens with one attached hydrogen (secondary N) is 1. The normalized spacial score (nSPS) is 11.8. The van der Waals surface area contributed by atoms with Gasteiger partial charge in [0, 0.05) is 18.5 Å². The van der Waals surface area contributed by atoms with Gasteiger partial charge < -0.3 is 20.5 Å². The van der Waals surface area contributed by atoms with E-state index in [-0.39, 0.29) is 11.8 Å². The van der Waals surface area contributed by atoms with Gasteiger partial charge in [0.05, 0.1) is 19.9 Å². The molecule has 0 saturated heterocycles. The fourth-order valence-corrected chi connectivity index (χ4v) is 1.51. The van der Waals surface area contributed by atoms with Gasteiger partial charge in [0.2, 0.25) is 5.91 Å². The van der Waals surface area contributed by atoms with Gasteiger partial charge in [0.1, 0.15) is 11.5 Å². The third-order valence-electron chi connectivity index (χ3n) is 2.78. The molecule has 0 aliphatic carbocycles. The Bertz CT molecular complexity index is 432. The Labute approximate surface area is 107 Å². The van der Waals surface area contributed by atoms with Crippen LogP contribution < -0.4 is 20.5 Å². The highest BCUT2D eigenvalue weighted by molar-refractivity contribution is 5.94. The van der Waals surface area contributed by atoms with Crippen LogP contribution in [-0.2, 0) is 4.79 Å². The first-order chi connectivity index (χ1) is 8.53. The summed E-state index contributed by atoms with van der Waals surface area (Å²) >= 11 is 0. The number of ether oxygens (including phenoxy) is 2. The Morgan fingerprint density at radius 2 is 1.94 bits per heavy atom. The summed E-state index contributed by atoms with van der Waals surface area (Å²) < 4.78 is 10.5. The van der Waals surface area contributed by atoms with E-state index < -0.39 is 0 Å². The number of hydrogen-bond donors (Lipinski definition) is 2. The zero-order valence-corrected chi connectivity index (χ0v) is 11.2. The molecule has 3 N–H and O–H groups in total. The highest BCUT2D eigenvalue weighted by atomic mass is 16.5. The van der Waals surface area contributed by atoms with Crippen molar-refractivity contribution in [2.24, 2.45) is 11.7 Å². The van der Waals surface area contributed by atoms with Gasteiger partial charge in [-0.15, -0.1) is 0 Å². The van der Waals surface area contributed by atoms with E-state index >= 15 is 0 Å². The van der Waals surface area contributed by atoms with Crippen LogP contribution in [0.2, 0.25) is 0 Å². The number of carbonyl (C=O) groups is 1. The molecule has 0 saturated carbocycles. The largest absolute Gasteiger partial charge is 0.496 e. The van der Waals surface area contributed by atoms with Crippen molar-refractivity contribution >= 4 is 11.6 Å². The van der Waals surface area contributed by atoms with E-state index in [0.717, 1.165) is 5.56 Å². The second-order valence-corrected chi connectivity index (χ2v) is 4.15. The fraction of sp³-hybridized carbons (Fsp3) is 0.462. The maximum absolute atomic E-state index is 11.8. The lowest BCUT2D eigenvalue weighted by molar-refractivity contribution is -0.119. The van der Waals surface area contributed by atoms with Crippen molar-refractivity contribution < 1.29 is 14.3 Å². The lowest BCUT2D eigenvalue weighted by atomic mass is 10.1. The molecule has 1 atom stereocenters. The molecule has 0 spiro atoms. The molecule has 0 bridgehead atoms. The summed E-state index contributed by atoms with van der Waals surface area (Å²) in [5.41, 5.74) is 6.99. The molecule has 0 aromatic heterocycles. The average molecular weight is 252 g/mol. The van der Waals surface area contributed by atoms with Crippen LogP contribution in [0.1, 0.15) is 12.5 Å². The molecule has 0 aliphatic heterocycles. The van der Waals surface area contributed by atoms with Crippen molar-refractivity contribution in [3.63, 3.8) is 0 Å². The van der Waals surface area contributed by atoms with Crippen LogP contribution >= 0.6 is 0 Å². The second-order valence-electron chi connectivity index (χ2n) is 4.15. The number of anilines is 1. The maximum Gasteiger partial charge on any atom is 0.228 e. The van der Waals surface area contributed by atoms with Crippen LogP contribution in [0.4, 0.5) is 5.69 Å². The number of carbonyl (C=O) groups excluding carboxylic acids is 1. The Kier molecular flexibility index (Phi) is 4.97. The van der Waals surface area contributed by atoms with Gasteiger partial charge in [-0.25, -0.2) is 0 Å². The zero-order chi connectivity index (χ0) is 13.7. The van der Waals surface area contributed by atoms with Crippen LogP contribution in [0.25, 0.3) is 0 Å². The zero-order valence-electron chi connectivity index (χ0n) is 11.2. The molecule has 0 fully saturated rings. The van der Waals surface area contributed by atoms with Crippen LogP contribution in [0, 0.1) is 12.8 Å². The number of amides is 1. The third-order valence-corrected chi connectivity index (χ3v) is 2.78. The molecule has 0 heterocycles. The fourth-order valence-electron chi connectivity index (χ4n) is 1.51. The van der Waals surface area contributed by atoms with Gasteiger partial charge in [-0.3, -0.25) is 4.79 Å². The summed E-state index contributed by atoms with van der Waals surface area (Å²) in [4.78, 5) is 11.8. The third kappa shape index (κ3) is 3.13. The van der Waals surface area contributed by atoms with Crippen molar-refractivity contribution in [3.8, 4) is 11.5 Å². The molecular weight excluding hydrogens is 232 g/mol. The maximum atomic E-state index is 11.8. The van der Waals surface area contributed by atoms with Gasteiger partial charge in [0.25, 0.3) is 0 Å². The van der Waals surface area contributed by atoms with Crippen molar-refractivity contribution in [1.82, 2.24) is 0 Å². The van der Waals surface area contributed by atoms with Crippen molar-refractivity contribution in [1.29, 1.82) is 0 Å². The molecule has 18 heavy (non-hydrogen) atoms. The molecule has 1 aromatic carbocycles. The quantitative estimate of drug-likeness (QED) is 0.833. The highest BCUT2D eigenvalue weighted by Gasteiger charge is 2.15. The number of methoxy groups -OCH3 is 2. The van der Waals surface area contributed by atoms with Gasteiger partial charge in [0.15, 0.2) is 0 Å². The minimum Gasteiger partial charge on any atom is -0.496 e. The van der Waals surface area contributed by atoms with Gasteiger partial charge in [-0.2, -0.15) is 0 Å². The number of nitrogens with two attached hydrogens (primary N) is 1. The van der Waals surface area contributed by atoms with E-state index in [0.29, 0.717) is 23.7 Å². The summed E-state index contributed by atoms with van der Waals surface area (Å²) in [5.74, 6) is 0.918. The van der Waals surface area contributed by atoms with Crippen LogP contribution in [-0.4, -0.2) is 26.7 Å². The lowest BCUT2D eigenvalue weighted by Gasteiger charge is -2.15. The first kappa shape index (κ1) is 14.3. The average Bonchev–Trinajstić information content (AvgIpc) is 2.38. The van der Waals surface area contributed by atoms with Crippen LogP contribution in [0.5, 0.6) is 11.5 Å². The highest BCUT2D eigenvalue weighted by Crippen LogP contribution is 2.32. The van der Waals surface area contributed by atoms with E-state index in [1.165, 1.54) is 0 Å². The van der Waals surface area contributed by atoms with E-state index in [2.05, 4.69) is 5.32 Å². The van der Waals surface area contributed by atoms with E-state index in [4.69, 9.17) is 15.2 Å². The van der Waals surface area contributed by atoms with Gasteiger partial charge >= 0.3 is 0 Å². The molecule has 5 heteroatoms. The number of rotatable bonds is 5. The molecule has 100 valence electrons. The molecule has 1 unspecified atom stereocenters. The van der Waals surface area contributed by atoms with Crippen molar-refractivity contribution in [2.75, 3.05) is 26.1 Å². The summed E-state index contributed by atoms with van der Waals surface area (Å²) in [6.07, 6.45) is 0. The molecule has 1 rings (SSSR count). The lowest BCUT2D eigenvalue weighted by Crippen LogP contribution is -2.26. The van der Waals surface area contributed by atoms with Gasteiger partial charge in [-0.1, -0.05) is 6.92 Å². The second kappa shape index (κ2) is 6.26. The molecule has 0 radical (unpaired) electrons. The smallest absolute Gasteiger partial charge is 0.228 e. The van der Waals surface area contributed by atoms with Crippen LogP contribution in [0.15, 0.2) is 12.1 Å². The van der Waals surface area contributed by atoms with E-state index in [1.807, 2.05) is 13.0 Å². The van der Waals surface area contributed by atoms with Crippen molar-refractivity contribution in [2.45, 2.75) is 13.8 Å². The molecule has 5 nitrogen and oxygen atoms in total. The Hall–Kier alpha value is -1.75. The van der Waals surface area contributed by atoms with Crippen LogP contribution in [0.3, 0.4) is 0 Å². The van der Waals surface area contributed by atoms with Crippen molar-refractivity contribution in [3.05, 3.63) is 17.7 Å². The monoisotopic (exact) mass is 252 g/mol. The molecule has 1 aromatic rings. The predicted octanol–water partition coefficient (Wildman–Crippen LogP) is 1.55. The summed E-state index contributed by atoms with van der Waals surface area (Å²) in [5, 5.41) is 2.79. The SMILES string of the molecule is COc1cc(NC(=O)C(C)CN)c(OC)cc1C. The predicted molar refractivity (Wildman–Crippen MR) is 71.1 cm³/mol. The molecular formula is C13H20N2O3. The van der Waals surface area contributed by atoms with E-state index in [9.17, 15) is 4.79 Å². The Morgan fingerprint density at radius 1 is 1.33 bits per heavy atom. The Morgan fingerprint density at radius 3 is 2.44 bits per heavy atom. The Balaban J connectivity index is 3.03. The first-order valence-corrected chi connectivity index (χ1v) is 5.77.